The average Bonchev–Trinajstić information content (AvgIpc) is 3.54. The van der Waals surface area contributed by atoms with Crippen molar-refractivity contribution in [1.82, 2.24) is 9.97 Å². The Morgan fingerprint density at radius 2 is 1.89 bits per heavy atom. The molecule has 0 amide bonds. The molecule has 1 aromatic carbocycles. The van der Waals surface area contributed by atoms with Crippen LogP contribution >= 0.6 is 0 Å². The number of aliphatic hydroxyl groups excluding tert-OH is 1. The van der Waals surface area contributed by atoms with Crippen molar-refractivity contribution < 1.29 is 24.5 Å². The summed E-state index contributed by atoms with van der Waals surface area (Å²) in [5, 5.41) is 26.0. The van der Waals surface area contributed by atoms with Crippen LogP contribution in [-0.2, 0) is 22.4 Å². The highest BCUT2D eigenvalue weighted by Gasteiger charge is 2.46. The molecule has 3 aromatic rings. The molecule has 0 saturated heterocycles. The van der Waals surface area contributed by atoms with Crippen LogP contribution in [0.4, 0.5) is 5.82 Å². The molecule has 0 radical (unpaired) electrons. The minimum absolute atomic E-state index is 0.00226. The molecule has 0 bridgehead atoms. The third-order valence-corrected chi connectivity index (χ3v) is 8.90. The van der Waals surface area contributed by atoms with E-state index in [9.17, 15) is 19.8 Å². The van der Waals surface area contributed by atoms with Crippen LogP contribution in [-0.4, -0.2) is 45.5 Å². The zero-order valence-electron chi connectivity index (χ0n) is 25.7. The molecule has 2 aliphatic rings. The number of hydrogen-bond acceptors (Lipinski definition) is 7. The zero-order valence-corrected chi connectivity index (χ0v) is 25.7. The molecule has 44 heavy (non-hydrogen) atoms. The molecule has 232 valence electrons. The van der Waals surface area contributed by atoms with Gasteiger partial charge in [-0.25, -0.2) is 4.98 Å². The minimum Gasteiger partial charge on any atom is -0.504 e. The van der Waals surface area contributed by atoms with E-state index in [1.807, 2.05) is 42.7 Å². The summed E-state index contributed by atoms with van der Waals surface area (Å²) < 4.78 is 5.62. The molecule has 8 nitrogen and oxygen atoms in total. The second-order valence-electron chi connectivity index (χ2n) is 12.1. The molecule has 0 fully saturated rings. The maximum atomic E-state index is 12.8. The minimum atomic E-state index is -0.812. The molecular weight excluding hydrogens is 554 g/mol. The van der Waals surface area contributed by atoms with Gasteiger partial charge >= 0.3 is 0 Å². The highest BCUT2D eigenvalue weighted by atomic mass is 16.5. The molecule has 1 aliphatic carbocycles. The van der Waals surface area contributed by atoms with Gasteiger partial charge in [-0.05, 0) is 66.3 Å². The number of pyridine rings is 1. The van der Waals surface area contributed by atoms with E-state index in [1.165, 1.54) is 13.5 Å². The van der Waals surface area contributed by atoms with Gasteiger partial charge in [-0.2, -0.15) is 0 Å². The fourth-order valence-electron chi connectivity index (χ4n) is 6.72. The quantitative estimate of drug-likeness (QED) is 0.108. The number of nitrogens with zero attached hydrogens (tertiary/aromatic N) is 1. The first kappa shape index (κ1) is 31.3. The number of phenols is 1. The van der Waals surface area contributed by atoms with Gasteiger partial charge in [0, 0.05) is 59.6 Å². The van der Waals surface area contributed by atoms with Crippen LogP contribution in [0.15, 0.2) is 61.1 Å². The first-order valence-corrected chi connectivity index (χ1v) is 15.7. The molecule has 2 aromatic heterocycles. The number of aromatic amines is 1. The van der Waals surface area contributed by atoms with Crippen LogP contribution in [0.3, 0.4) is 0 Å². The van der Waals surface area contributed by atoms with Crippen LogP contribution in [0, 0.1) is 5.41 Å². The topological polar surface area (TPSA) is 125 Å². The molecule has 4 N–H and O–H groups in total. The number of anilines is 1. The number of aromatic hydroxyl groups is 1. The predicted molar refractivity (Wildman–Crippen MR) is 172 cm³/mol. The summed E-state index contributed by atoms with van der Waals surface area (Å²) in [6.45, 7) is 1.98. The Morgan fingerprint density at radius 1 is 1.07 bits per heavy atom. The monoisotopic (exact) mass is 597 g/mol. The molecular formula is C36H43N3O5. The average molecular weight is 598 g/mol. The number of methoxy groups -OCH3 is 1. The number of phenolic OH excluding ortho intramolecular Hbond substituents is 1. The number of unbranched alkanes of at least 4 members (excludes halogenated alkanes) is 4. The number of benzene rings is 1. The fourth-order valence-corrected chi connectivity index (χ4v) is 6.72. The Balaban J connectivity index is 1.46. The van der Waals surface area contributed by atoms with E-state index in [1.54, 1.807) is 12.3 Å². The van der Waals surface area contributed by atoms with Crippen LogP contribution < -0.4 is 10.1 Å². The zero-order chi connectivity index (χ0) is 31.1. The Morgan fingerprint density at radius 3 is 2.64 bits per heavy atom. The van der Waals surface area contributed by atoms with Crippen LogP contribution in [0.2, 0.25) is 0 Å². The van der Waals surface area contributed by atoms with E-state index >= 15 is 0 Å². The van der Waals surface area contributed by atoms with E-state index < -0.39 is 11.3 Å². The number of ketones is 2. The van der Waals surface area contributed by atoms with Crippen molar-refractivity contribution in [2.75, 3.05) is 19.0 Å². The smallest absolute Gasteiger partial charge is 0.161 e. The first-order valence-electron chi connectivity index (χ1n) is 15.7. The number of ether oxygens (including phenoxy) is 1. The van der Waals surface area contributed by atoms with E-state index in [0.717, 1.165) is 59.5 Å². The lowest BCUT2D eigenvalue weighted by Crippen LogP contribution is -2.38. The highest BCUT2D eigenvalue weighted by molar-refractivity contribution is 5.99. The van der Waals surface area contributed by atoms with Gasteiger partial charge in [0.1, 0.15) is 17.4 Å². The number of Topliss-reactive ketones (excluding diaryl/α,β-unsaturated/α-hetero) is 2. The van der Waals surface area contributed by atoms with Gasteiger partial charge in [-0.1, -0.05) is 44.7 Å². The third kappa shape index (κ3) is 6.65. The molecule has 1 aliphatic heterocycles. The summed E-state index contributed by atoms with van der Waals surface area (Å²) in [7, 11) is 1.51. The van der Waals surface area contributed by atoms with E-state index in [2.05, 4.69) is 28.3 Å². The maximum Gasteiger partial charge on any atom is 0.161 e. The van der Waals surface area contributed by atoms with Crippen molar-refractivity contribution >= 4 is 23.0 Å². The van der Waals surface area contributed by atoms with Gasteiger partial charge in [-0.15, -0.1) is 0 Å². The molecule has 0 spiro atoms. The predicted octanol–water partition coefficient (Wildman–Crippen LogP) is 6.63. The summed E-state index contributed by atoms with van der Waals surface area (Å²) >= 11 is 0. The first-order chi connectivity index (χ1) is 21.4. The van der Waals surface area contributed by atoms with Gasteiger partial charge in [0.15, 0.2) is 11.5 Å². The number of nitrogens with one attached hydrogen (secondary N) is 2. The van der Waals surface area contributed by atoms with Crippen molar-refractivity contribution in [3.63, 3.8) is 0 Å². The molecule has 3 heterocycles. The van der Waals surface area contributed by atoms with E-state index in [-0.39, 0.29) is 36.8 Å². The Hall–Kier alpha value is -4.17. The maximum absolute atomic E-state index is 12.8. The van der Waals surface area contributed by atoms with Crippen LogP contribution in [0.1, 0.15) is 92.2 Å². The summed E-state index contributed by atoms with van der Waals surface area (Å²) in [5.74, 6) is 0.481. The molecule has 0 saturated carbocycles. The third-order valence-electron chi connectivity index (χ3n) is 8.90. The lowest BCUT2D eigenvalue weighted by atomic mass is 9.61. The summed E-state index contributed by atoms with van der Waals surface area (Å²) in [6, 6.07) is 9.55. The standard InChI is InChI=1S/C36H43N3O5/c1-3-4-5-6-7-10-27(41)20-28(42)12-11-24-18-30(34(43)31(19-24)44-2)33-29-14-17-39-35-32(29)25(13-16-38-35)21-36(33,23-40)22-26-9-8-15-37-26/h8-9,13-19,21,33,37,40,43H,3-7,10-12,20,22-23H2,1-2H3,(H,38,39). The Bertz CT molecular complexity index is 1540. The Labute approximate surface area is 259 Å². The SMILES string of the molecule is CCCCCCCC(=O)CC(=O)CCc1cc(OC)c(O)c(C2c3ccnc4c3C(=CC2(CO)Cc2ccc[nH]2)C=CN4)c1. The van der Waals surface area contributed by atoms with Crippen LogP contribution in [0.25, 0.3) is 5.57 Å². The molecule has 2 atom stereocenters. The summed E-state index contributed by atoms with van der Waals surface area (Å²) in [4.78, 5) is 33.0. The van der Waals surface area contributed by atoms with Crippen molar-refractivity contribution in [2.45, 2.75) is 77.0 Å². The molecule has 5 rings (SSSR count). The van der Waals surface area contributed by atoms with Crippen molar-refractivity contribution in [2.24, 2.45) is 5.41 Å². The number of allylic oxidation sites excluding steroid dienone is 2. The second kappa shape index (κ2) is 14.1. The molecule has 8 heteroatoms. The lowest BCUT2D eigenvalue weighted by Gasteiger charge is -2.43. The van der Waals surface area contributed by atoms with Gasteiger partial charge in [0.2, 0.25) is 0 Å². The number of hydrogen-bond donors (Lipinski definition) is 4. The summed E-state index contributed by atoms with van der Waals surface area (Å²) in [5.41, 5.74) is 4.39. The van der Waals surface area contributed by atoms with E-state index in [0.29, 0.717) is 30.6 Å². The molecule has 2 unspecified atom stereocenters. The number of aryl methyl sites for hydroxylation is 1. The fraction of sp³-hybridized carbons (Fsp3) is 0.417. The number of aliphatic hydroxyl groups is 1. The largest absolute Gasteiger partial charge is 0.504 e. The highest BCUT2D eigenvalue weighted by Crippen LogP contribution is 2.56. The van der Waals surface area contributed by atoms with Crippen molar-refractivity contribution in [1.29, 1.82) is 0 Å². The van der Waals surface area contributed by atoms with Gasteiger partial charge in [0.25, 0.3) is 0 Å². The van der Waals surface area contributed by atoms with Crippen molar-refractivity contribution in [3.8, 4) is 11.5 Å². The van der Waals surface area contributed by atoms with Gasteiger partial charge in [0.05, 0.1) is 20.1 Å². The number of H-pyrrole nitrogens is 1. The lowest BCUT2D eigenvalue weighted by molar-refractivity contribution is -0.127. The van der Waals surface area contributed by atoms with Gasteiger partial charge in [-0.3, -0.25) is 9.59 Å². The van der Waals surface area contributed by atoms with E-state index in [4.69, 9.17) is 4.74 Å². The Kier molecular flexibility index (Phi) is 10.0. The second-order valence-corrected chi connectivity index (χ2v) is 12.1. The van der Waals surface area contributed by atoms with Gasteiger partial charge < -0.3 is 25.3 Å². The normalized spacial score (nSPS) is 18.3. The van der Waals surface area contributed by atoms with Crippen LogP contribution in [0.5, 0.6) is 11.5 Å². The number of carbonyl (C=O) groups excluding carboxylic acids is 2. The number of carbonyl (C=O) groups is 2. The number of rotatable bonds is 16. The van der Waals surface area contributed by atoms with Crippen molar-refractivity contribution in [3.05, 3.63) is 89.0 Å². The summed E-state index contributed by atoms with van der Waals surface area (Å²) in [6.07, 6.45) is 16.4. The number of aromatic nitrogens is 2.